The second kappa shape index (κ2) is 8.85. The van der Waals surface area contributed by atoms with E-state index >= 15 is 0 Å². The van der Waals surface area contributed by atoms with Crippen LogP contribution in [0.1, 0.15) is 44.9 Å². The van der Waals surface area contributed by atoms with E-state index in [0.29, 0.717) is 0 Å². The van der Waals surface area contributed by atoms with Crippen molar-refractivity contribution in [2.45, 2.75) is 44.9 Å². The van der Waals surface area contributed by atoms with Gasteiger partial charge in [-0.05, 0) is 38.8 Å². The van der Waals surface area contributed by atoms with Crippen molar-refractivity contribution in [2.24, 2.45) is 11.3 Å². The van der Waals surface area contributed by atoms with E-state index in [4.69, 9.17) is 4.74 Å². The summed E-state index contributed by atoms with van der Waals surface area (Å²) in [6.45, 7) is 3.59. The largest absolute Gasteiger partial charge is 0.384 e. The first kappa shape index (κ1) is 17.7. The monoisotopic (exact) mass is 304 g/mol. The molecular weight excluding hydrogens is 276 g/mol. The predicted octanol–water partition coefficient (Wildman–Crippen LogP) is 2.12. The summed E-state index contributed by atoms with van der Waals surface area (Å²) in [6, 6.07) is 0. The van der Waals surface area contributed by atoms with E-state index in [0.717, 1.165) is 51.9 Å². The lowest BCUT2D eigenvalue weighted by Gasteiger charge is -2.37. The minimum Gasteiger partial charge on any atom is -0.384 e. The zero-order valence-corrected chi connectivity index (χ0v) is 13.4. The van der Waals surface area contributed by atoms with Crippen molar-refractivity contribution in [2.75, 3.05) is 33.4 Å². The van der Waals surface area contributed by atoms with E-state index < -0.39 is 0 Å². The van der Waals surface area contributed by atoms with Crippen molar-refractivity contribution in [1.29, 1.82) is 0 Å². The van der Waals surface area contributed by atoms with Gasteiger partial charge < -0.3 is 15.4 Å². The van der Waals surface area contributed by atoms with Crippen molar-refractivity contribution in [3.63, 3.8) is 0 Å². The first-order valence-electron chi connectivity index (χ1n) is 7.73. The van der Waals surface area contributed by atoms with Gasteiger partial charge in [-0.15, -0.1) is 12.4 Å². The maximum absolute atomic E-state index is 12.2. The molecule has 0 radical (unpaired) electrons. The maximum atomic E-state index is 12.2. The molecule has 0 unspecified atom stereocenters. The summed E-state index contributed by atoms with van der Waals surface area (Å²) in [5.41, 5.74) is 0.143. The van der Waals surface area contributed by atoms with Crippen molar-refractivity contribution in [1.82, 2.24) is 10.6 Å². The van der Waals surface area contributed by atoms with Gasteiger partial charge in [0.25, 0.3) is 0 Å². The van der Waals surface area contributed by atoms with Gasteiger partial charge in [0.2, 0.25) is 5.91 Å². The summed E-state index contributed by atoms with van der Waals surface area (Å²) in [4.78, 5) is 12.2. The highest BCUT2D eigenvalue weighted by Gasteiger charge is 2.33. The molecule has 1 aliphatic heterocycles. The number of hydrogen-bond acceptors (Lipinski definition) is 3. The Kier molecular flexibility index (Phi) is 7.85. The average Bonchev–Trinajstić information content (AvgIpc) is 2.47. The molecule has 0 spiro atoms. The van der Waals surface area contributed by atoms with Crippen molar-refractivity contribution < 1.29 is 9.53 Å². The Bertz CT molecular complexity index is 282. The van der Waals surface area contributed by atoms with Gasteiger partial charge in [-0.2, -0.15) is 0 Å². The zero-order chi connectivity index (χ0) is 13.6. The molecule has 0 bridgehead atoms. The second-order valence-electron chi connectivity index (χ2n) is 6.24. The molecule has 0 aromatic carbocycles. The fraction of sp³-hybridized carbons (Fsp3) is 0.933. The number of ether oxygens (including phenoxy) is 1. The molecule has 2 rings (SSSR count). The van der Waals surface area contributed by atoms with E-state index in [1.54, 1.807) is 7.11 Å². The van der Waals surface area contributed by atoms with Crippen molar-refractivity contribution in [3.05, 3.63) is 0 Å². The van der Waals surface area contributed by atoms with Crippen LogP contribution in [0.5, 0.6) is 0 Å². The van der Waals surface area contributed by atoms with E-state index in [9.17, 15) is 4.79 Å². The van der Waals surface area contributed by atoms with Gasteiger partial charge in [0.1, 0.15) is 0 Å². The minimum absolute atomic E-state index is 0. The molecule has 118 valence electrons. The standard InChI is InChI=1S/C15H28N2O2.ClH/c1-19-12-15(7-9-16-10-8-15)11-17-14(18)13-5-3-2-4-6-13;/h13,16H,2-12H2,1H3,(H,17,18);1H. The summed E-state index contributed by atoms with van der Waals surface area (Å²) < 4.78 is 5.38. The molecule has 2 N–H and O–H groups in total. The van der Waals surface area contributed by atoms with Crippen LogP contribution in [0.2, 0.25) is 0 Å². The van der Waals surface area contributed by atoms with Crippen LogP contribution in [0, 0.1) is 11.3 Å². The van der Waals surface area contributed by atoms with Crippen LogP contribution in [-0.2, 0) is 9.53 Å². The smallest absolute Gasteiger partial charge is 0.223 e. The van der Waals surface area contributed by atoms with Gasteiger partial charge in [0.15, 0.2) is 0 Å². The first-order chi connectivity index (χ1) is 9.26. The number of methoxy groups -OCH3 is 1. The lowest BCUT2D eigenvalue weighted by atomic mass is 9.79. The molecule has 1 saturated carbocycles. The van der Waals surface area contributed by atoms with Crippen LogP contribution < -0.4 is 10.6 Å². The van der Waals surface area contributed by atoms with Crippen LogP contribution in [-0.4, -0.2) is 39.3 Å². The topological polar surface area (TPSA) is 50.4 Å². The minimum atomic E-state index is 0. The molecule has 1 aliphatic carbocycles. The molecule has 0 atom stereocenters. The molecule has 1 saturated heterocycles. The van der Waals surface area contributed by atoms with Crippen LogP contribution in [0.3, 0.4) is 0 Å². The van der Waals surface area contributed by atoms with Crippen LogP contribution in [0.4, 0.5) is 0 Å². The third kappa shape index (κ3) is 4.90. The molecule has 2 fully saturated rings. The summed E-state index contributed by atoms with van der Waals surface area (Å²) in [6.07, 6.45) is 8.05. The maximum Gasteiger partial charge on any atom is 0.223 e. The van der Waals surface area contributed by atoms with Gasteiger partial charge in [0, 0.05) is 25.0 Å². The Labute approximate surface area is 128 Å². The third-order valence-corrected chi connectivity index (χ3v) is 4.73. The van der Waals surface area contributed by atoms with E-state index in [-0.39, 0.29) is 29.6 Å². The quantitative estimate of drug-likeness (QED) is 0.818. The summed E-state index contributed by atoms with van der Waals surface area (Å²) >= 11 is 0. The van der Waals surface area contributed by atoms with Gasteiger partial charge in [-0.3, -0.25) is 4.79 Å². The van der Waals surface area contributed by atoms with Gasteiger partial charge in [0.05, 0.1) is 6.61 Å². The Balaban J connectivity index is 0.00000200. The van der Waals surface area contributed by atoms with Crippen molar-refractivity contribution in [3.8, 4) is 0 Å². The summed E-state index contributed by atoms with van der Waals surface area (Å²) in [5.74, 6) is 0.531. The number of amides is 1. The molecule has 2 aliphatic rings. The van der Waals surface area contributed by atoms with Gasteiger partial charge >= 0.3 is 0 Å². The Hall–Kier alpha value is -0.320. The number of carbonyl (C=O) groups is 1. The number of halogens is 1. The SMILES string of the molecule is COCC1(CNC(=O)C2CCCCC2)CCNCC1.Cl. The van der Waals surface area contributed by atoms with Crippen LogP contribution in [0.15, 0.2) is 0 Å². The number of hydrogen-bond donors (Lipinski definition) is 2. The molecule has 1 amide bonds. The first-order valence-corrected chi connectivity index (χ1v) is 7.73. The number of nitrogens with one attached hydrogen (secondary N) is 2. The van der Waals surface area contributed by atoms with Crippen molar-refractivity contribution >= 4 is 18.3 Å². The molecule has 0 aromatic heterocycles. The Morgan fingerprint density at radius 2 is 1.90 bits per heavy atom. The number of piperidine rings is 1. The van der Waals surface area contributed by atoms with Gasteiger partial charge in [-0.1, -0.05) is 19.3 Å². The normalized spacial score (nSPS) is 22.9. The average molecular weight is 305 g/mol. The summed E-state index contributed by atoms with van der Waals surface area (Å²) in [7, 11) is 1.76. The third-order valence-electron chi connectivity index (χ3n) is 4.73. The molecular formula is C15H29ClN2O2. The van der Waals surface area contributed by atoms with Gasteiger partial charge in [-0.25, -0.2) is 0 Å². The molecule has 0 aromatic rings. The second-order valence-corrected chi connectivity index (χ2v) is 6.24. The van der Waals surface area contributed by atoms with E-state index in [1.165, 1.54) is 19.3 Å². The van der Waals surface area contributed by atoms with Crippen LogP contribution >= 0.6 is 12.4 Å². The number of carbonyl (C=O) groups excluding carboxylic acids is 1. The Morgan fingerprint density at radius 3 is 2.50 bits per heavy atom. The van der Waals surface area contributed by atoms with E-state index in [1.807, 2.05) is 0 Å². The fourth-order valence-corrected chi connectivity index (χ4v) is 3.42. The highest BCUT2D eigenvalue weighted by Crippen LogP contribution is 2.29. The number of rotatable bonds is 5. The zero-order valence-electron chi connectivity index (χ0n) is 12.6. The predicted molar refractivity (Wildman–Crippen MR) is 83.2 cm³/mol. The van der Waals surface area contributed by atoms with E-state index in [2.05, 4.69) is 10.6 Å². The van der Waals surface area contributed by atoms with Crippen LogP contribution in [0.25, 0.3) is 0 Å². The lowest BCUT2D eigenvalue weighted by molar-refractivity contribution is -0.126. The lowest BCUT2D eigenvalue weighted by Crippen LogP contribution is -2.48. The fourth-order valence-electron chi connectivity index (χ4n) is 3.42. The summed E-state index contributed by atoms with van der Waals surface area (Å²) in [5, 5.41) is 6.58. The highest BCUT2D eigenvalue weighted by atomic mass is 35.5. The molecule has 20 heavy (non-hydrogen) atoms. The molecule has 1 heterocycles. The highest BCUT2D eigenvalue weighted by molar-refractivity contribution is 5.85. The molecule has 4 nitrogen and oxygen atoms in total. The molecule has 5 heteroatoms. The Morgan fingerprint density at radius 1 is 1.25 bits per heavy atom.